The maximum Gasteiger partial charge on any atom is 0.416 e. The van der Waals surface area contributed by atoms with Gasteiger partial charge in [0.2, 0.25) is 0 Å². The van der Waals surface area contributed by atoms with Crippen molar-refractivity contribution in [1.29, 1.82) is 0 Å². The summed E-state index contributed by atoms with van der Waals surface area (Å²) < 4.78 is 78.5. The van der Waals surface area contributed by atoms with Crippen molar-refractivity contribution in [3.63, 3.8) is 0 Å². The molecule has 0 radical (unpaired) electrons. The zero-order chi connectivity index (χ0) is 19.7. The number of nitrogens with zero attached hydrogens (tertiary/aromatic N) is 3. The zero-order valence-electron chi connectivity index (χ0n) is 13.6. The normalized spacial score (nSPS) is 13.0. The summed E-state index contributed by atoms with van der Waals surface area (Å²) in [6.07, 6.45) is -6.85. The molecule has 10 heteroatoms. The van der Waals surface area contributed by atoms with E-state index < -0.39 is 29.2 Å². The first-order chi connectivity index (χ1) is 11.9. The van der Waals surface area contributed by atoms with Crippen LogP contribution in [0, 0.1) is 0 Å². The van der Waals surface area contributed by atoms with Crippen LogP contribution >= 0.6 is 0 Å². The lowest BCUT2D eigenvalue weighted by Crippen LogP contribution is -2.40. The minimum absolute atomic E-state index is 0.0427. The van der Waals surface area contributed by atoms with E-state index >= 15 is 0 Å². The Bertz CT molecular complexity index is 778. The second-order valence-corrected chi connectivity index (χ2v) is 5.88. The van der Waals surface area contributed by atoms with Crippen LogP contribution in [0.5, 0.6) is 0 Å². The molecule has 0 aliphatic rings. The fourth-order valence-corrected chi connectivity index (χ4v) is 2.24. The summed E-state index contributed by atoms with van der Waals surface area (Å²) in [6, 6.07) is 4.44. The predicted octanol–water partition coefficient (Wildman–Crippen LogP) is 4.16. The topological polar surface area (TPSA) is 19.5 Å². The number of benzene rings is 1. The number of halogens is 6. The monoisotopic (exact) mass is 393 g/mol. The van der Waals surface area contributed by atoms with E-state index in [2.05, 4.69) is 4.99 Å². The maximum absolute atomic E-state index is 12.9. The average Bonchev–Trinajstić information content (AvgIpc) is 2.53. The lowest BCUT2D eigenvalue weighted by Gasteiger charge is -2.13. The molecule has 0 amide bonds. The molecule has 0 N–H and O–H groups in total. The third-order valence-corrected chi connectivity index (χ3v) is 3.65. The van der Waals surface area contributed by atoms with Crippen molar-refractivity contribution in [2.75, 3.05) is 19.0 Å². The van der Waals surface area contributed by atoms with E-state index in [0.717, 1.165) is 5.69 Å². The maximum atomic E-state index is 12.9. The van der Waals surface area contributed by atoms with Crippen molar-refractivity contribution >= 4 is 29.2 Å². The molecule has 1 heterocycles. The van der Waals surface area contributed by atoms with Gasteiger partial charge in [0.05, 0.1) is 23.5 Å². The smallest absolute Gasteiger partial charge is 0.416 e. The number of alkyl halides is 6. The van der Waals surface area contributed by atoms with E-state index in [1.165, 1.54) is 17.0 Å². The predicted molar refractivity (Wildman–Crippen MR) is 87.3 cm³/mol. The van der Waals surface area contributed by atoms with E-state index in [-0.39, 0.29) is 11.2 Å². The van der Waals surface area contributed by atoms with Crippen molar-refractivity contribution in [3.8, 4) is 0 Å². The summed E-state index contributed by atoms with van der Waals surface area (Å²) in [5.74, 6) is 0. The second kappa shape index (κ2) is 7.10. The molecule has 0 atom stereocenters. The summed E-state index contributed by atoms with van der Waals surface area (Å²) in [5.41, 5.74) is -2.58. The standard InChI is InChI=1S/C16H13F6N3S/c1-24(2)13-3-5-25(6-4-13)14(26)23-12-8-10(15(17,18)19)7-11(9-12)16(20,21)22/h3-9H,1-2H3. The number of anilines is 1. The van der Waals surface area contributed by atoms with Crippen LogP contribution in [0.25, 0.3) is 0 Å². The van der Waals surface area contributed by atoms with Gasteiger partial charge in [0.25, 0.3) is 0 Å². The SMILES string of the molecule is CN(C)c1cc[n+](C([S-])=Nc2cc(C(F)(F)F)cc(C(F)(F)F)c2)cc1. The molecule has 26 heavy (non-hydrogen) atoms. The molecule has 0 bridgehead atoms. The average molecular weight is 393 g/mol. The quantitative estimate of drug-likeness (QED) is 0.251. The van der Waals surface area contributed by atoms with Gasteiger partial charge in [0.1, 0.15) is 0 Å². The van der Waals surface area contributed by atoms with Crippen LogP contribution in [0.2, 0.25) is 0 Å². The van der Waals surface area contributed by atoms with Gasteiger partial charge in [-0.05, 0) is 6.07 Å². The minimum Gasteiger partial charge on any atom is -0.687 e. The van der Waals surface area contributed by atoms with Gasteiger partial charge < -0.3 is 17.5 Å². The highest BCUT2D eigenvalue weighted by Gasteiger charge is 2.37. The first-order valence-corrected chi connectivity index (χ1v) is 7.53. The Morgan fingerprint density at radius 2 is 1.38 bits per heavy atom. The van der Waals surface area contributed by atoms with Crippen LogP contribution in [0.3, 0.4) is 0 Å². The molecule has 0 spiro atoms. The first-order valence-electron chi connectivity index (χ1n) is 7.12. The number of hydrogen-bond acceptors (Lipinski definition) is 3. The van der Waals surface area contributed by atoms with Crippen molar-refractivity contribution in [2.45, 2.75) is 12.4 Å². The highest BCUT2D eigenvalue weighted by atomic mass is 32.1. The lowest BCUT2D eigenvalue weighted by molar-refractivity contribution is -0.549. The van der Waals surface area contributed by atoms with E-state index in [0.29, 0.717) is 12.1 Å². The number of rotatable bonds is 2. The summed E-state index contributed by atoms with van der Waals surface area (Å²) in [4.78, 5) is 5.55. The van der Waals surface area contributed by atoms with Gasteiger partial charge in [-0.25, -0.2) is 4.57 Å². The first kappa shape index (κ1) is 20.0. The third-order valence-electron chi connectivity index (χ3n) is 3.35. The summed E-state index contributed by atoms with van der Waals surface area (Å²) in [5, 5.41) is -0.192. The van der Waals surface area contributed by atoms with Crippen molar-refractivity contribution in [1.82, 2.24) is 0 Å². The molecular formula is C16H13F6N3S. The van der Waals surface area contributed by atoms with E-state index in [9.17, 15) is 26.3 Å². The van der Waals surface area contributed by atoms with E-state index in [1.807, 2.05) is 19.0 Å². The molecule has 0 saturated heterocycles. The Kier molecular flexibility index (Phi) is 5.45. The molecule has 2 aromatic rings. The van der Waals surface area contributed by atoms with Crippen LogP contribution in [-0.4, -0.2) is 19.3 Å². The summed E-state index contributed by atoms with van der Waals surface area (Å²) in [7, 11) is 3.62. The number of aliphatic imine (C=N–C) groups is 1. The summed E-state index contributed by atoms with van der Waals surface area (Å²) in [6.45, 7) is 0. The fourth-order valence-electron chi connectivity index (χ4n) is 2.02. The van der Waals surface area contributed by atoms with Crippen LogP contribution in [0.4, 0.5) is 37.7 Å². The molecule has 0 fully saturated rings. The molecule has 0 saturated carbocycles. The Morgan fingerprint density at radius 1 is 0.923 bits per heavy atom. The Balaban J connectivity index is 2.47. The van der Waals surface area contributed by atoms with Crippen LogP contribution in [-0.2, 0) is 25.0 Å². The highest BCUT2D eigenvalue weighted by Crippen LogP contribution is 2.38. The van der Waals surface area contributed by atoms with Gasteiger partial charge in [-0.2, -0.15) is 26.3 Å². The molecule has 1 aromatic carbocycles. The Morgan fingerprint density at radius 3 is 1.77 bits per heavy atom. The molecule has 0 aliphatic heterocycles. The Hall–Kier alpha value is -2.36. The van der Waals surface area contributed by atoms with Gasteiger partial charge in [-0.3, -0.25) is 0 Å². The largest absolute Gasteiger partial charge is 0.687 e. The minimum atomic E-state index is -4.94. The third kappa shape index (κ3) is 4.84. The van der Waals surface area contributed by atoms with Gasteiger partial charge in [-0.15, -0.1) is 0 Å². The molecule has 0 unspecified atom stereocenters. The molecular weight excluding hydrogens is 380 g/mol. The van der Waals surface area contributed by atoms with Gasteiger partial charge in [0.15, 0.2) is 10.9 Å². The van der Waals surface area contributed by atoms with Gasteiger partial charge >= 0.3 is 12.4 Å². The lowest BCUT2D eigenvalue weighted by atomic mass is 10.1. The van der Waals surface area contributed by atoms with Gasteiger partial charge in [0, 0.05) is 44.0 Å². The molecule has 140 valence electrons. The van der Waals surface area contributed by atoms with E-state index in [1.54, 1.807) is 12.1 Å². The van der Waals surface area contributed by atoms with Gasteiger partial charge in [-0.1, -0.05) is 4.99 Å². The number of aromatic nitrogens is 1. The highest BCUT2D eigenvalue weighted by molar-refractivity contribution is 7.76. The van der Waals surface area contributed by atoms with E-state index in [4.69, 9.17) is 12.6 Å². The molecule has 3 nitrogen and oxygen atoms in total. The van der Waals surface area contributed by atoms with Crippen molar-refractivity contribution in [3.05, 3.63) is 53.9 Å². The van der Waals surface area contributed by atoms with Crippen LogP contribution < -0.4 is 9.47 Å². The van der Waals surface area contributed by atoms with Crippen LogP contribution in [0.1, 0.15) is 11.1 Å². The Labute approximate surface area is 151 Å². The fraction of sp³-hybridized carbons (Fsp3) is 0.250. The number of pyridine rings is 1. The van der Waals surface area contributed by atoms with Crippen molar-refractivity contribution < 1.29 is 30.9 Å². The molecule has 2 rings (SSSR count). The molecule has 0 aliphatic carbocycles. The van der Waals surface area contributed by atoms with Crippen molar-refractivity contribution in [2.24, 2.45) is 4.99 Å². The number of hydrogen-bond donors (Lipinski definition) is 0. The van der Waals surface area contributed by atoms with Crippen LogP contribution in [0.15, 0.2) is 47.7 Å². The molecule has 1 aromatic heterocycles. The second-order valence-electron chi connectivity index (χ2n) is 5.52. The zero-order valence-corrected chi connectivity index (χ0v) is 14.4. The summed E-state index contributed by atoms with van der Waals surface area (Å²) >= 11 is 5.01.